The summed E-state index contributed by atoms with van der Waals surface area (Å²) in [6.45, 7) is 1.98. The Kier molecular flexibility index (Phi) is 5.60. The normalized spacial score (nSPS) is 12.0. The predicted octanol–water partition coefficient (Wildman–Crippen LogP) is 4.26. The van der Waals surface area contributed by atoms with Crippen molar-refractivity contribution < 1.29 is 9.47 Å². The van der Waals surface area contributed by atoms with Crippen LogP contribution in [0.2, 0.25) is 0 Å². The average Bonchev–Trinajstić information content (AvgIpc) is 3.01. The number of hydrogen-bond donors (Lipinski definition) is 0. The molecule has 0 spiro atoms. The molecular weight excluding hydrogens is 334 g/mol. The van der Waals surface area contributed by atoms with Crippen LogP contribution in [0.5, 0.6) is 11.5 Å². The number of nitrogens with zero attached hydrogens (tertiary/aromatic N) is 3. The highest BCUT2D eigenvalue weighted by molar-refractivity contribution is 7.98. The van der Waals surface area contributed by atoms with Crippen molar-refractivity contribution in [2.75, 3.05) is 7.11 Å². The molecule has 0 amide bonds. The summed E-state index contributed by atoms with van der Waals surface area (Å²) in [5.74, 6) is 3.29. The molecule has 0 aliphatic heterocycles. The van der Waals surface area contributed by atoms with Crippen molar-refractivity contribution in [1.82, 2.24) is 14.8 Å². The molecule has 0 saturated heterocycles. The van der Waals surface area contributed by atoms with Crippen LogP contribution >= 0.6 is 11.8 Å². The first kappa shape index (κ1) is 17.4. The van der Waals surface area contributed by atoms with Crippen molar-refractivity contribution in [2.45, 2.75) is 23.9 Å². The second kappa shape index (κ2) is 8.07. The largest absolute Gasteiger partial charge is 0.497 e. The number of methoxy groups -OCH3 is 1. The number of hydrogen-bond acceptors (Lipinski definition) is 5. The van der Waals surface area contributed by atoms with Gasteiger partial charge in [-0.1, -0.05) is 42.1 Å². The lowest BCUT2D eigenvalue weighted by atomic mass is 10.2. The first-order valence-corrected chi connectivity index (χ1v) is 9.02. The van der Waals surface area contributed by atoms with Gasteiger partial charge in [0, 0.05) is 12.8 Å². The fourth-order valence-corrected chi connectivity index (χ4v) is 3.33. The van der Waals surface area contributed by atoms with Crippen LogP contribution < -0.4 is 9.47 Å². The van der Waals surface area contributed by atoms with E-state index in [1.807, 2.05) is 67.1 Å². The summed E-state index contributed by atoms with van der Waals surface area (Å²) >= 11 is 1.64. The summed E-state index contributed by atoms with van der Waals surface area (Å²) in [4.78, 5) is 0. The quantitative estimate of drug-likeness (QED) is 0.593. The van der Waals surface area contributed by atoms with Crippen molar-refractivity contribution in [3.05, 3.63) is 66.0 Å². The molecule has 3 rings (SSSR count). The SMILES string of the molecule is COc1cccc(CSc2nnc(C(C)Oc3ccccc3)n2C)c1. The lowest BCUT2D eigenvalue weighted by Crippen LogP contribution is -2.10. The van der Waals surface area contributed by atoms with Gasteiger partial charge in [-0.05, 0) is 36.8 Å². The second-order valence-corrected chi connectivity index (χ2v) is 6.56. The van der Waals surface area contributed by atoms with E-state index in [0.717, 1.165) is 28.2 Å². The van der Waals surface area contributed by atoms with Gasteiger partial charge >= 0.3 is 0 Å². The summed E-state index contributed by atoms with van der Waals surface area (Å²) in [7, 11) is 3.64. The van der Waals surface area contributed by atoms with Crippen LogP contribution in [0.4, 0.5) is 0 Å². The van der Waals surface area contributed by atoms with Crippen LogP contribution in [0.15, 0.2) is 59.8 Å². The van der Waals surface area contributed by atoms with Crippen molar-refractivity contribution >= 4 is 11.8 Å². The van der Waals surface area contributed by atoms with E-state index in [9.17, 15) is 0 Å². The Morgan fingerprint density at radius 3 is 2.56 bits per heavy atom. The number of ether oxygens (including phenoxy) is 2. The van der Waals surface area contributed by atoms with Crippen molar-refractivity contribution in [3.8, 4) is 11.5 Å². The zero-order chi connectivity index (χ0) is 17.6. The van der Waals surface area contributed by atoms with E-state index in [2.05, 4.69) is 16.3 Å². The Labute approximate surface area is 152 Å². The van der Waals surface area contributed by atoms with Crippen LogP contribution in [-0.4, -0.2) is 21.9 Å². The van der Waals surface area contributed by atoms with E-state index in [-0.39, 0.29) is 6.10 Å². The summed E-state index contributed by atoms with van der Waals surface area (Å²) in [6.07, 6.45) is -0.175. The first-order chi connectivity index (χ1) is 12.2. The van der Waals surface area contributed by atoms with Gasteiger partial charge in [-0.15, -0.1) is 10.2 Å². The molecule has 6 heteroatoms. The maximum absolute atomic E-state index is 5.94. The van der Waals surface area contributed by atoms with Gasteiger partial charge in [0.2, 0.25) is 0 Å². The maximum Gasteiger partial charge on any atom is 0.191 e. The van der Waals surface area contributed by atoms with E-state index in [1.165, 1.54) is 5.56 Å². The van der Waals surface area contributed by atoms with Crippen LogP contribution in [0.1, 0.15) is 24.4 Å². The molecule has 5 nitrogen and oxygen atoms in total. The lowest BCUT2D eigenvalue weighted by Gasteiger charge is -2.14. The number of benzene rings is 2. The smallest absolute Gasteiger partial charge is 0.191 e. The van der Waals surface area contributed by atoms with E-state index < -0.39 is 0 Å². The van der Waals surface area contributed by atoms with E-state index in [4.69, 9.17) is 9.47 Å². The molecule has 25 heavy (non-hydrogen) atoms. The van der Waals surface area contributed by atoms with Gasteiger partial charge in [0.05, 0.1) is 7.11 Å². The van der Waals surface area contributed by atoms with E-state index >= 15 is 0 Å². The molecule has 0 N–H and O–H groups in total. The molecule has 0 aliphatic rings. The summed E-state index contributed by atoms with van der Waals surface area (Å²) in [5, 5.41) is 9.46. The first-order valence-electron chi connectivity index (χ1n) is 8.04. The Bertz CT molecular complexity index is 821. The third-order valence-corrected chi connectivity index (χ3v) is 4.88. The highest BCUT2D eigenvalue weighted by Gasteiger charge is 2.17. The highest BCUT2D eigenvalue weighted by atomic mass is 32.2. The summed E-state index contributed by atoms with van der Waals surface area (Å²) < 4.78 is 13.2. The van der Waals surface area contributed by atoms with Crippen LogP contribution in [0, 0.1) is 0 Å². The van der Waals surface area contributed by atoms with Gasteiger partial charge in [-0.2, -0.15) is 0 Å². The Morgan fingerprint density at radius 2 is 1.80 bits per heavy atom. The average molecular weight is 355 g/mol. The maximum atomic E-state index is 5.94. The topological polar surface area (TPSA) is 49.2 Å². The van der Waals surface area contributed by atoms with Gasteiger partial charge in [-0.25, -0.2) is 0 Å². The third kappa shape index (κ3) is 4.33. The van der Waals surface area contributed by atoms with Gasteiger partial charge in [0.15, 0.2) is 17.1 Å². The molecule has 1 aromatic heterocycles. The minimum absolute atomic E-state index is 0.175. The monoisotopic (exact) mass is 355 g/mol. The molecule has 0 aliphatic carbocycles. The highest BCUT2D eigenvalue weighted by Crippen LogP contribution is 2.26. The van der Waals surface area contributed by atoms with Crippen LogP contribution in [0.3, 0.4) is 0 Å². The second-order valence-electron chi connectivity index (χ2n) is 5.61. The van der Waals surface area contributed by atoms with Crippen LogP contribution in [0.25, 0.3) is 0 Å². The van der Waals surface area contributed by atoms with Crippen molar-refractivity contribution in [2.24, 2.45) is 7.05 Å². The number of rotatable bonds is 7. The molecule has 0 saturated carbocycles. The summed E-state index contributed by atoms with van der Waals surface area (Å²) in [5.41, 5.74) is 1.18. The molecule has 0 radical (unpaired) electrons. The molecule has 1 heterocycles. The minimum Gasteiger partial charge on any atom is -0.497 e. The van der Waals surface area contributed by atoms with Gasteiger partial charge in [0.25, 0.3) is 0 Å². The molecule has 0 bridgehead atoms. The third-order valence-electron chi connectivity index (χ3n) is 3.79. The standard InChI is InChI=1S/C19H21N3O2S/c1-14(24-16-9-5-4-6-10-16)18-20-21-19(22(18)2)25-13-15-8-7-11-17(12-15)23-3/h4-12,14H,13H2,1-3H3. The fourth-order valence-electron chi connectivity index (χ4n) is 2.47. The molecule has 1 atom stereocenters. The Morgan fingerprint density at radius 1 is 1.04 bits per heavy atom. The number of para-hydroxylation sites is 1. The minimum atomic E-state index is -0.175. The molecule has 2 aromatic carbocycles. The van der Waals surface area contributed by atoms with Crippen molar-refractivity contribution in [1.29, 1.82) is 0 Å². The molecule has 130 valence electrons. The summed E-state index contributed by atoms with van der Waals surface area (Å²) in [6, 6.07) is 17.8. The molecule has 3 aromatic rings. The lowest BCUT2D eigenvalue weighted by molar-refractivity contribution is 0.211. The zero-order valence-electron chi connectivity index (χ0n) is 14.5. The van der Waals surface area contributed by atoms with Crippen molar-refractivity contribution in [3.63, 3.8) is 0 Å². The number of aromatic nitrogens is 3. The zero-order valence-corrected chi connectivity index (χ0v) is 15.4. The molecule has 0 fully saturated rings. The van der Waals surface area contributed by atoms with E-state index in [0.29, 0.717) is 0 Å². The van der Waals surface area contributed by atoms with Gasteiger partial charge in [0.1, 0.15) is 11.5 Å². The van der Waals surface area contributed by atoms with Gasteiger partial charge < -0.3 is 14.0 Å². The van der Waals surface area contributed by atoms with Crippen LogP contribution in [-0.2, 0) is 12.8 Å². The Hall–Kier alpha value is -2.47. The predicted molar refractivity (Wildman–Crippen MR) is 99.0 cm³/mol. The molecular formula is C19H21N3O2S. The molecule has 1 unspecified atom stereocenters. The van der Waals surface area contributed by atoms with E-state index in [1.54, 1.807) is 18.9 Å². The number of thioether (sulfide) groups is 1. The fraction of sp³-hybridized carbons (Fsp3) is 0.263. The van der Waals surface area contributed by atoms with Gasteiger partial charge in [-0.3, -0.25) is 0 Å². The Balaban J connectivity index is 1.66.